The highest BCUT2D eigenvalue weighted by molar-refractivity contribution is 5.65. The normalized spacial score (nSPS) is 10.6. The second-order valence-corrected chi connectivity index (χ2v) is 3.99. The molecule has 0 unspecified atom stereocenters. The van der Waals surface area contributed by atoms with Crippen LogP contribution in [-0.4, -0.2) is 4.98 Å². The van der Waals surface area contributed by atoms with Crippen LogP contribution in [0.15, 0.2) is 24.4 Å². The van der Waals surface area contributed by atoms with E-state index in [1.54, 1.807) is 13.0 Å². The van der Waals surface area contributed by atoms with Gasteiger partial charge >= 0.3 is 0 Å². The molecule has 0 bridgehead atoms. The van der Waals surface area contributed by atoms with Gasteiger partial charge in [-0.05, 0) is 37.1 Å². The smallest absolute Gasteiger partial charge is 0.168 e. The van der Waals surface area contributed by atoms with E-state index in [1.807, 2.05) is 0 Å². The van der Waals surface area contributed by atoms with Crippen molar-refractivity contribution < 1.29 is 8.78 Å². The summed E-state index contributed by atoms with van der Waals surface area (Å²) in [5.41, 5.74) is 7.63. The molecule has 0 aliphatic heterocycles. The lowest BCUT2D eigenvalue weighted by Gasteiger charge is -2.08. The molecule has 88 valence electrons. The van der Waals surface area contributed by atoms with Gasteiger partial charge in [-0.3, -0.25) is 4.98 Å². The number of nitrogens with zero attached hydrogens (tertiary/aromatic N) is 1. The van der Waals surface area contributed by atoms with Crippen LogP contribution in [0.5, 0.6) is 0 Å². The first-order valence-corrected chi connectivity index (χ1v) is 5.18. The Morgan fingerprint density at radius 3 is 2.41 bits per heavy atom. The molecule has 2 rings (SSSR count). The molecule has 4 heteroatoms. The van der Waals surface area contributed by atoms with Crippen LogP contribution in [0.4, 0.5) is 14.5 Å². The summed E-state index contributed by atoms with van der Waals surface area (Å²) < 4.78 is 27.2. The maximum atomic E-state index is 13.8. The number of hydrogen-bond donors (Lipinski definition) is 1. The van der Waals surface area contributed by atoms with E-state index >= 15 is 0 Å². The van der Waals surface area contributed by atoms with Gasteiger partial charge in [0.05, 0.1) is 17.6 Å². The first kappa shape index (κ1) is 11.5. The zero-order valence-electron chi connectivity index (χ0n) is 9.59. The third kappa shape index (κ3) is 1.98. The largest absolute Gasteiger partial charge is 0.397 e. The fraction of sp³-hybridized carbons (Fsp3) is 0.154. The first-order valence-electron chi connectivity index (χ1n) is 5.18. The van der Waals surface area contributed by atoms with E-state index in [-0.39, 0.29) is 11.1 Å². The molecule has 0 aliphatic rings. The number of benzene rings is 1. The van der Waals surface area contributed by atoms with E-state index in [0.29, 0.717) is 16.9 Å². The summed E-state index contributed by atoms with van der Waals surface area (Å²) in [6.07, 6.45) is 1.43. The molecule has 17 heavy (non-hydrogen) atoms. The highest BCUT2D eigenvalue weighted by Crippen LogP contribution is 2.27. The zero-order chi connectivity index (χ0) is 12.6. The second-order valence-electron chi connectivity index (χ2n) is 3.99. The van der Waals surface area contributed by atoms with E-state index in [9.17, 15) is 8.78 Å². The van der Waals surface area contributed by atoms with Gasteiger partial charge in [-0.1, -0.05) is 6.07 Å². The number of anilines is 1. The summed E-state index contributed by atoms with van der Waals surface area (Å²) in [6.45, 7) is 3.28. The van der Waals surface area contributed by atoms with E-state index in [1.165, 1.54) is 25.3 Å². The van der Waals surface area contributed by atoms with Crippen molar-refractivity contribution in [3.05, 3.63) is 47.2 Å². The summed E-state index contributed by atoms with van der Waals surface area (Å²) in [5, 5.41) is 0. The molecule has 0 fully saturated rings. The van der Waals surface area contributed by atoms with Crippen LogP contribution in [0.3, 0.4) is 0 Å². The van der Waals surface area contributed by atoms with Crippen LogP contribution in [0.25, 0.3) is 11.3 Å². The summed E-state index contributed by atoms with van der Waals surface area (Å²) in [5.74, 6) is -1.70. The van der Waals surface area contributed by atoms with Crippen molar-refractivity contribution >= 4 is 5.69 Å². The maximum Gasteiger partial charge on any atom is 0.168 e. The summed E-state index contributed by atoms with van der Waals surface area (Å²) in [7, 11) is 0. The number of hydrogen-bond acceptors (Lipinski definition) is 2. The van der Waals surface area contributed by atoms with Crippen molar-refractivity contribution in [3.8, 4) is 11.3 Å². The molecular formula is C13H12F2N2. The van der Waals surface area contributed by atoms with Crippen LogP contribution in [0.1, 0.15) is 11.1 Å². The Labute approximate surface area is 98.1 Å². The van der Waals surface area contributed by atoms with Crippen LogP contribution >= 0.6 is 0 Å². The molecule has 0 saturated carbocycles. The molecule has 0 radical (unpaired) electrons. The average Bonchev–Trinajstić information content (AvgIpc) is 2.28. The summed E-state index contributed by atoms with van der Waals surface area (Å²) in [4.78, 5) is 4.05. The fourth-order valence-corrected chi connectivity index (χ4v) is 1.71. The topological polar surface area (TPSA) is 38.9 Å². The van der Waals surface area contributed by atoms with E-state index in [2.05, 4.69) is 4.98 Å². The lowest BCUT2D eigenvalue weighted by molar-refractivity contribution is 0.505. The van der Waals surface area contributed by atoms with Gasteiger partial charge in [0.2, 0.25) is 0 Å². The lowest BCUT2D eigenvalue weighted by atomic mass is 10.0. The van der Waals surface area contributed by atoms with Crippen LogP contribution in [0.2, 0.25) is 0 Å². The summed E-state index contributed by atoms with van der Waals surface area (Å²) >= 11 is 0. The molecule has 0 atom stereocenters. The Kier molecular flexibility index (Phi) is 2.79. The van der Waals surface area contributed by atoms with Gasteiger partial charge in [-0.15, -0.1) is 0 Å². The molecular weight excluding hydrogens is 222 g/mol. The lowest BCUT2D eigenvalue weighted by Crippen LogP contribution is -1.98. The molecule has 0 saturated heterocycles. The fourth-order valence-electron chi connectivity index (χ4n) is 1.71. The minimum atomic E-state index is -0.870. The Morgan fingerprint density at radius 1 is 1.06 bits per heavy atom. The SMILES string of the molecule is Cc1cc(N)cnc1-c1ccc(C)c(F)c1F. The van der Waals surface area contributed by atoms with Gasteiger partial charge in [0, 0.05) is 5.56 Å². The van der Waals surface area contributed by atoms with Crippen LogP contribution < -0.4 is 5.73 Å². The van der Waals surface area contributed by atoms with Crippen molar-refractivity contribution in [3.63, 3.8) is 0 Å². The van der Waals surface area contributed by atoms with Gasteiger partial charge in [0.15, 0.2) is 11.6 Å². The Hall–Kier alpha value is -1.97. The van der Waals surface area contributed by atoms with Crippen molar-refractivity contribution in [2.75, 3.05) is 5.73 Å². The first-order chi connectivity index (χ1) is 8.00. The number of halogens is 2. The number of nitrogen functional groups attached to an aromatic ring is 1. The Morgan fingerprint density at radius 2 is 1.76 bits per heavy atom. The van der Waals surface area contributed by atoms with E-state index in [0.717, 1.165) is 0 Å². The van der Waals surface area contributed by atoms with Crippen molar-refractivity contribution in [1.29, 1.82) is 0 Å². The molecule has 1 aromatic carbocycles. The molecule has 1 heterocycles. The number of nitrogens with two attached hydrogens (primary N) is 1. The highest BCUT2D eigenvalue weighted by Gasteiger charge is 2.15. The highest BCUT2D eigenvalue weighted by atomic mass is 19.2. The van der Waals surface area contributed by atoms with Crippen molar-refractivity contribution in [1.82, 2.24) is 4.98 Å². The predicted octanol–water partition coefficient (Wildman–Crippen LogP) is 3.23. The van der Waals surface area contributed by atoms with Crippen molar-refractivity contribution in [2.45, 2.75) is 13.8 Å². The molecule has 1 aromatic heterocycles. The number of aromatic nitrogens is 1. The molecule has 2 nitrogen and oxygen atoms in total. The summed E-state index contributed by atoms with van der Waals surface area (Å²) in [6, 6.07) is 4.74. The minimum absolute atomic E-state index is 0.158. The Balaban J connectivity index is 2.65. The minimum Gasteiger partial charge on any atom is -0.397 e. The quantitative estimate of drug-likeness (QED) is 0.822. The molecule has 0 aliphatic carbocycles. The van der Waals surface area contributed by atoms with Crippen LogP contribution in [-0.2, 0) is 0 Å². The number of aryl methyl sites for hydroxylation is 2. The maximum absolute atomic E-state index is 13.8. The molecule has 0 spiro atoms. The van der Waals surface area contributed by atoms with E-state index < -0.39 is 11.6 Å². The van der Waals surface area contributed by atoms with Crippen molar-refractivity contribution in [2.24, 2.45) is 0 Å². The van der Waals surface area contributed by atoms with Crippen LogP contribution in [0, 0.1) is 25.5 Å². The Bertz CT molecular complexity index is 580. The van der Waals surface area contributed by atoms with Gasteiger partial charge in [-0.2, -0.15) is 0 Å². The second kappa shape index (κ2) is 4.13. The van der Waals surface area contributed by atoms with Gasteiger partial charge in [-0.25, -0.2) is 8.78 Å². The number of rotatable bonds is 1. The zero-order valence-corrected chi connectivity index (χ0v) is 9.59. The van der Waals surface area contributed by atoms with Gasteiger partial charge < -0.3 is 5.73 Å². The number of pyridine rings is 1. The monoisotopic (exact) mass is 234 g/mol. The van der Waals surface area contributed by atoms with E-state index in [4.69, 9.17) is 5.73 Å². The third-order valence-electron chi connectivity index (χ3n) is 2.63. The molecule has 0 amide bonds. The molecule has 2 aromatic rings. The van der Waals surface area contributed by atoms with Gasteiger partial charge in [0.1, 0.15) is 0 Å². The van der Waals surface area contributed by atoms with Gasteiger partial charge in [0.25, 0.3) is 0 Å². The molecule has 2 N–H and O–H groups in total. The standard InChI is InChI=1S/C13H12F2N2/c1-7-3-4-10(12(15)11(7)14)13-8(2)5-9(16)6-17-13/h3-6H,16H2,1-2H3. The third-order valence-corrected chi connectivity index (χ3v) is 2.63. The average molecular weight is 234 g/mol. The predicted molar refractivity (Wildman–Crippen MR) is 63.5 cm³/mol.